The molecule has 1 heterocycles. The Bertz CT molecular complexity index is 994. The summed E-state index contributed by atoms with van der Waals surface area (Å²) in [5, 5.41) is 13.3. The van der Waals surface area contributed by atoms with E-state index in [1.165, 1.54) is 22.2 Å². The number of nitrogens with zero attached hydrogens (tertiary/aromatic N) is 4. The molecule has 1 unspecified atom stereocenters. The van der Waals surface area contributed by atoms with Gasteiger partial charge in [-0.15, -0.1) is 10.2 Å². The Balaban J connectivity index is 1.99. The van der Waals surface area contributed by atoms with Crippen molar-refractivity contribution < 1.29 is 4.79 Å². The number of nitrogens with one attached hydrogen (secondary N) is 1. The van der Waals surface area contributed by atoms with E-state index in [1.807, 2.05) is 29.7 Å². The fraction of sp³-hybridized carbons (Fsp3) is 0.250. The van der Waals surface area contributed by atoms with Crippen LogP contribution in [0.1, 0.15) is 24.4 Å². The van der Waals surface area contributed by atoms with E-state index in [4.69, 9.17) is 23.2 Å². The van der Waals surface area contributed by atoms with Gasteiger partial charge >= 0.3 is 6.03 Å². The van der Waals surface area contributed by atoms with Crippen LogP contribution in [0, 0.1) is 0 Å². The van der Waals surface area contributed by atoms with E-state index in [0.717, 1.165) is 5.75 Å². The summed E-state index contributed by atoms with van der Waals surface area (Å²) in [6, 6.07) is 14.7. The van der Waals surface area contributed by atoms with E-state index in [2.05, 4.69) is 27.6 Å². The summed E-state index contributed by atoms with van der Waals surface area (Å²) in [5.74, 6) is 1.29. The van der Waals surface area contributed by atoms with Gasteiger partial charge in [-0.1, -0.05) is 65.3 Å². The van der Waals surface area contributed by atoms with Gasteiger partial charge in [0.1, 0.15) is 0 Å². The van der Waals surface area contributed by atoms with Crippen LogP contribution < -0.4 is 5.32 Å². The maximum absolute atomic E-state index is 12.1. The quantitative estimate of drug-likeness (QED) is 0.525. The summed E-state index contributed by atoms with van der Waals surface area (Å²) in [4.78, 5) is 13.6. The zero-order valence-corrected chi connectivity index (χ0v) is 18.6. The molecule has 0 saturated heterocycles. The van der Waals surface area contributed by atoms with E-state index in [1.54, 1.807) is 32.3 Å². The fourth-order valence-corrected chi connectivity index (χ4v) is 3.92. The molecular formula is C20H21Cl2N5OS. The molecule has 2 amide bonds. The van der Waals surface area contributed by atoms with E-state index < -0.39 is 6.04 Å². The topological polar surface area (TPSA) is 63.1 Å². The highest BCUT2D eigenvalue weighted by Gasteiger charge is 2.23. The molecule has 152 valence electrons. The van der Waals surface area contributed by atoms with Crippen LogP contribution >= 0.6 is 35.0 Å². The summed E-state index contributed by atoms with van der Waals surface area (Å²) in [6.07, 6.45) is 0. The summed E-state index contributed by atoms with van der Waals surface area (Å²) < 4.78 is 1.85. The number of carbonyl (C=O) groups excluding carboxylic acids is 1. The van der Waals surface area contributed by atoms with Crippen molar-refractivity contribution in [3.05, 3.63) is 70.0 Å². The molecule has 0 bridgehead atoms. The minimum Gasteiger partial charge on any atom is -0.331 e. The lowest BCUT2D eigenvalue weighted by Crippen LogP contribution is -2.37. The lowest BCUT2D eigenvalue weighted by Gasteiger charge is -2.19. The second-order valence-electron chi connectivity index (χ2n) is 6.61. The van der Waals surface area contributed by atoms with Gasteiger partial charge in [0.05, 0.1) is 16.8 Å². The molecule has 0 aliphatic heterocycles. The smallest absolute Gasteiger partial charge is 0.317 e. The van der Waals surface area contributed by atoms with Crippen molar-refractivity contribution in [1.29, 1.82) is 0 Å². The van der Waals surface area contributed by atoms with Gasteiger partial charge in [0.2, 0.25) is 0 Å². The highest BCUT2D eigenvalue weighted by Crippen LogP contribution is 2.32. The maximum Gasteiger partial charge on any atom is 0.317 e. The molecule has 0 spiro atoms. The van der Waals surface area contributed by atoms with Crippen molar-refractivity contribution in [2.45, 2.75) is 23.9 Å². The largest absolute Gasteiger partial charge is 0.331 e. The van der Waals surface area contributed by atoms with Crippen LogP contribution in [0.5, 0.6) is 0 Å². The molecule has 29 heavy (non-hydrogen) atoms. The Labute approximate surface area is 184 Å². The lowest BCUT2D eigenvalue weighted by atomic mass is 10.2. The third kappa shape index (κ3) is 5.23. The van der Waals surface area contributed by atoms with Crippen LogP contribution in [0.15, 0.2) is 53.7 Å². The Hall–Kier alpha value is -2.22. The third-order valence-corrected chi connectivity index (χ3v) is 5.71. The van der Waals surface area contributed by atoms with Crippen LogP contribution in [0.2, 0.25) is 10.0 Å². The van der Waals surface area contributed by atoms with Gasteiger partial charge in [0.15, 0.2) is 11.0 Å². The first-order valence-electron chi connectivity index (χ1n) is 8.92. The standard InChI is InChI=1S/C20H21Cl2N5OS/c1-13(23-19(28)26(2)3)18-24-25-20(29-12-14-7-5-4-6-8-14)27(18)17-11-15(21)9-10-16(17)22/h4-11,13H,12H2,1-3H3,(H,23,28). The summed E-state index contributed by atoms with van der Waals surface area (Å²) in [5.41, 5.74) is 1.83. The molecule has 0 aliphatic rings. The van der Waals surface area contributed by atoms with Gasteiger partial charge in [-0.05, 0) is 30.7 Å². The first-order valence-corrected chi connectivity index (χ1v) is 10.7. The van der Waals surface area contributed by atoms with Crippen LogP contribution in [0.4, 0.5) is 4.79 Å². The van der Waals surface area contributed by atoms with Crippen LogP contribution in [-0.4, -0.2) is 39.8 Å². The van der Waals surface area contributed by atoms with E-state index >= 15 is 0 Å². The Morgan fingerprint density at radius 3 is 2.59 bits per heavy atom. The summed E-state index contributed by atoms with van der Waals surface area (Å²) in [7, 11) is 3.36. The highest BCUT2D eigenvalue weighted by molar-refractivity contribution is 7.98. The normalized spacial score (nSPS) is 11.9. The second kappa shape index (κ2) is 9.52. The predicted molar refractivity (Wildman–Crippen MR) is 118 cm³/mol. The number of halogens is 2. The fourth-order valence-electron chi connectivity index (χ4n) is 2.64. The molecule has 0 fully saturated rings. The molecular weight excluding hydrogens is 429 g/mol. The van der Waals surface area contributed by atoms with Crippen molar-refractivity contribution in [2.75, 3.05) is 14.1 Å². The Morgan fingerprint density at radius 1 is 1.17 bits per heavy atom. The molecule has 3 rings (SSSR count). The van der Waals surface area contributed by atoms with E-state index in [-0.39, 0.29) is 6.03 Å². The Kier molecular flexibility index (Phi) is 7.05. The van der Waals surface area contributed by atoms with Crippen LogP contribution in [0.3, 0.4) is 0 Å². The van der Waals surface area contributed by atoms with Gasteiger partial charge < -0.3 is 10.2 Å². The van der Waals surface area contributed by atoms with Gasteiger partial charge in [0.25, 0.3) is 0 Å². The van der Waals surface area contributed by atoms with Gasteiger partial charge in [-0.2, -0.15) is 0 Å². The number of amides is 2. The van der Waals surface area contributed by atoms with Gasteiger partial charge in [0, 0.05) is 24.9 Å². The molecule has 0 saturated carbocycles. The summed E-state index contributed by atoms with van der Waals surface area (Å²) >= 11 is 14.2. The predicted octanol–water partition coefficient (Wildman–Crippen LogP) is 5.20. The lowest BCUT2D eigenvalue weighted by molar-refractivity contribution is 0.213. The van der Waals surface area contributed by atoms with Gasteiger partial charge in [-0.3, -0.25) is 4.57 Å². The number of benzene rings is 2. The second-order valence-corrected chi connectivity index (χ2v) is 8.40. The molecule has 6 nitrogen and oxygen atoms in total. The molecule has 1 N–H and O–H groups in total. The number of aromatic nitrogens is 3. The minimum absolute atomic E-state index is 0.220. The highest BCUT2D eigenvalue weighted by atomic mass is 35.5. The molecule has 2 aromatic carbocycles. The maximum atomic E-state index is 12.1. The number of thioether (sulfide) groups is 1. The van der Waals surface area contributed by atoms with Crippen molar-refractivity contribution in [1.82, 2.24) is 25.0 Å². The number of carbonyl (C=O) groups is 1. The summed E-state index contributed by atoms with van der Waals surface area (Å²) in [6.45, 7) is 1.85. The average molecular weight is 450 g/mol. The number of rotatable bonds is 6. The van der Waals surface area contributed by atoms with Crippen molar-refractivity contribution >= 4 is 41.0 Å². The SMILES string of the molecule is CC(NC(=O)N(C)C)c1nnc(SCc2ccccc2)n1-c1cc(Cl)ccc1Cl. The minimum atomic E-state index is -0.390. The molecule has 1 aromatic heterocycles. The average Bonchev–Trinajstić information content (AvgIpc) is 3.12. The number of hydrogen-bond acceptors (Lipinski definition) is 4. The first kappa shape index (κ1) is 21.5. The number of urea groups is 1. The number of hydrogen-bond donors (Lipinski definition) is 1. The molecule has 0 aliphatic carbocycles. The monoisotopic (exact) mass is 449 g/mol. The zero-order chi connectivity index (χ0) is 21.0. The molecule has 3 aromatic rings. The van der Waals surface area contributed by atoms with E-state index in [0.29, 0.717) is 26.7 Å². The Morgan fingerprint density at radius 2 is 1.90 bits per heavy atom. The van der Waals surface area contributed by atoms with Crippen LogP contribution in [-0.2, 0) is 5.75 Å². The molecule has 0 radical (unpaired) electrons. The van der Waals surface area contributed by atoms with Crippen molar-refractivity contribution in [3.8, 4) is 5.69 Å². The molecule has 1 atom stereocenters. The van der Waals surface area contributed by atoms with Crippen molar-refractivity contribution in [3.63, 3.8) is 0 Å². The molecule has 9 heteroatoms. The van der Waals surface area contributed by atoms with E-state index in [9.17, 15) is 4.79 Å². The van der Waals surface area contributed by atoms with Gasteiger partial charge in [-0.25, -0.2) is 4.79 Å². The first-order chi connectivity index (χ1) is 13.9. The third-order valence-electron chi connectivity index (χ3n) is 4.15. The van der Waals surface area contributed by atoms with Crippen LogP contribution in [0.25, 0.3) is 5.69 Å². The van der Waals surface area contributed by atoms with Crippen molar-refractivity contribution in [2.24, 2.45) is 0 Å². The zero-order valence-electron chi connectivity index (χ0n) is 16.3.